The van der Waals surface area contributed by atoms with Crippen molar-refractivity contribution >= 4 is 29.4 Å². The fourth-order valence-electron chi connectivity index (χ4n) is 4.54. The highest BCUT2D eigenvalue weighted by Crippen LogP contribution is 2.25. The molecule has 3 rings (SSSR count). The Labute approximate surface area is 226 Å². The number of rotatable bonds is 14. The molecule has 206 valence electrons. The monoisotopic (exact) mass is 522 g/mol. The van der Waals surface area contributed by atoms with Gasteiger partial charge in [0.25, 0.3) is 0 Å². The number of nitrogens with two attached hydrogens (primary N) is 2. The molecule has 0 saturated heterocycles. The van der Waals surface area contributed by atoms with Crippen molar-refractivity contribution in [2.24, 2.45) is 0 Å². The summed E-state index contributed by atoms with van der Waals surface area (Å²) in [6.45, 7) is 3.27. The predicted molar refractivity (Wildman–Crippen MR) is 152 cm³/mol. The van der Waals surface area contributed by atoms with Crippen molar-refractivity contribution in [1.82, 2.24) is 0 Å². The van der Waals surface area contributed by atoms with Crippen molar-refractivity contribution in [3.63, 3.8) is 0 Å². The lowest BCUT2D eigenvalue weighted by atomic mass is 9.95. The van der Waals surface area contributed by atoms with Crippen molar-refractivity contribution in [1.29, 1.82) is 0 Å². The van der Waals surface area contributed by atoms with Crippen LogP contribution in [0, 0.1) is 0 Å². The Kier molecular flexibility index (Phi) is 12.2. The van der Waals surface area contributed by atoms with Gasteiger partial charge in [0.05, 0.1) is 18.3 Å². The van der Waals surface area contributed by atoms with Gasteiger partial charge in [-0.05, 0) is 73.6 Å². The van der Waals surface area contributed by atoms with E-state index < -0.39 is 5.97 Å². The molecule has 4 N–H and O–H groups in total. The van der Waals surface area contributed by atoms with Crippen molar-refractivity contribution in [3.05, 3.63) is 65.2 Å². The molecule has 0 aromatic heterocycles. The second-order valence-corrected chi connectivity index (χ2v) is 9.92. The lowest BCUT2D eigenvalue weighted by Crippen LogP contribution is -2.28. The van der Waals surface area contributed by atoms with E-state index in [2.05, 4.69) is 6.92 Å². The zero-order valence-electron chi connectivity index (χ0n) is 22.5. The van der Waals surface area contributed by atoms with E-state index in [1.807, 2.05) is 6.07 Å². The van der Waals surface area contributed by atoms with E-state index >= 15 is 0 Å². The van der Waals surface area contributed by atoms with Gasteiger partial charge in [-0.15, -0.1) is 0 Å². The van der Waals surface area contributed by atoms with E-state index in [-0.39, 0.29) is 24.8 Å². The van der Waals surface area contributed by atoms with Gasteiger partial charge in [-0.3, -0.25) is 0 Å². The van der Waals surface area contributed by atoms with Crippen molar-refractivity contribution in [2.45, 2.75) is 83.3 Å². The van der Waals surface area contributed by atoms with Gasteiger partial charge in [-0.2, -0.15) is 0 Å². The average molecular weight is 523 g/mol. The minimum atomic E-state index is -0.446. The van der Waals surface area contributed by atoms with E-state index in [4.69, 9.17) is 25.7 Å². The van der Waals surface area contributed by atoms with Crippen LogP contribution >= 0.6 is 0 Å². The summed E-state index contributed by atoms with van der Waals surface area (Å²) in [6, 6.07) is 12.3. The Balaban J connectivity index is 1.33. The number of benzene rings is 2. The Morgan fingerprint density at radius 2 is 1.61 bits per heavy atom. The second-order valence-electron chi connectivity index (χ2n) is 9.92. The molecule has 0 atom stereocenters. The van der Waals surface area contributed by atoms with Crippen LogP contribution in [0.25, 0.3) is 6.08 Å². The lowest BCUT2D eigenvalue weighted by molar-refractivity contribution is -0.137. The number of unbranched alkanes of at least 4 members (excludes halogenated alkanes) is 4. The van der Waals surface area contributed by atoms with Gasteiger partial charge in [-0.1, -0.05) is 50.8 Å². The summed E-state index contributed by atoms with van der Waals surface area (Å²) in [5, 5.41) is 0. The number of esters is 2. The van der Waals surface area contributed by atoms with E-state index in [1.165, 1.54) is 31.8 Å². The van der Waals surface area contributed by atoms with Gasteiger partial charge in [0.15, 0.2) is 0 Å². The molecule has 0 aliphatic heterocycles. The first-order valence-corrected chi connectivity index (χ1v) is 13.9. The molecule has 1 aliphatic carbocycles. The van der Waals surface area contributed by atoms with Gasteiger partial charge < -0.3 is 25.7 Å². The Bertz CT molecular complexity index is 1040. The van der Waals surface area contributed by atoms with Crippen LogP contribution in [-0.2, 0) is 25.4 Å². The summed E-state index contributed by atoms with van der Waals surface area (Å²) in [5.41, 5.74) is 15.0. The highest BCUT2D eigenvalue weighted by Gasteiger charge is 2.24. The standard InChI is InChI=1S/C31H42N2O5/c1-2-3-4-5-6-20-36-27-14-16-28(17-15-27)38-31(35)25-10-7-23(8-11-25)9-18-30(34)37-21-19-24-12-13-26(32)22-29(24)33/h7-13,18,22,27-28H,2-6,14-17,19-21,32-33H2,1H3. The van der Waals surface area contributed by atoms with Crippen LogP contribution < -0.4 is 11.5 Å². The maximum absolute atomic E-state index is 12.6. The molecule has 0 amide bonds. The van der Waals surface area contributed by atoms with Gasteiger partial charge in [0, 0.05) is 30.5 Å². The van der Waals surface area contributed by atoms with E-state index in [0.29, 0.717) is 23.4 Å². The summed E-state index contributed by atoms with van der Waals surface area (Å²) >= 11 is 0. The van der Waals surface area contributed by atoms with Gasteiger partial charge in [0.2, 0.25) is 0 Å². The molecule has 1 aliphatic rings. The molecule has 38 heavy (non-hydrogen) atoms. The minimum Gasteiger partial charge on any atom is -0.462 e. The molecule has 0 radical (unpaired) electrons. The summed E-state index contributed by atoms with van der Waals surface area (Å²) in [5.74, 6) is -0.763. The first-order chi connectivity index (χ1) is 18.4. The molecule has 0 heterocycles. The summed E-state index contributed by atoms with van der Waals surface area (Å²) < 4.78 is 17.0. The summed E-state index contributed by atoms with van der Waals surface area (Å²) in [4.78, 5) is 24.6. The molecular weight excluding hydrogens is 480 g/mol. The minimum absolute atomic E-state index is 0.0650. The van der Waals surface area contributed by atoms with E-state index in [1.54, 1.807) is 42.5 Å². The number of anilines is 2. The first-order valence-electron chi connectivity index (χ1n) is 13.9. The predicted octanol–water partition coefficient (Wildman–Crippen LogP) is 6.11. The Morgan fingerprint density at radius 3 is 2.32 bits per heavy atom. The smallest absolute Gasteiger partial charge is 0.338 e. The largest absolute Gasteiger partial charge is 0.462 e. The lowest BCUT2D eigenvalue weighted by Gasteiger charge is -2.28. The third-order valence-corrected chi connectivity index (χ3v) is 6.84. The zero-order chi connectivity index (χ0) is 27.2. The van der Waals surface area contributed by atoms with Crippen LogP contribution in [0.4, 0.5) is 11.4 Å². The topological polar surface area (TPSA) is 114 Å². The average Bonchev–Trinajstić information content (AvgIpc) is 2.92. The number of carbonyl (C=O) groups excluding carboxylic acids is 2. The van der Waals surface area contributed by atoms with Crippen molar-refractivity contribution < 1.29 is 23.8 Å². The quantitative estimate of drug-likeness (QED) is 0.133. The van der Waals surface area contributed by atoms with Crippen LogP contribution in [0.3, 0.4) is 0 Å². The molecule has 7 heteroatoms. The van der Waals surface area contributed by atoms with Crippen LogP contribution in [0.15, 0.2) is 48.5 Å². The summed E-state index contributed by atoms with van der Waals surface area (Å²) in [6.07, 6.45) is 13.5. The SMILES string of the molecule is CCCCCCCOC1CCC(OC(=O)c2ccc(C=CC(=O)OCCc3ccc(N)cc3N)cc2)CC1. The third-order valence-electron chi connectivity index (χ3n) is 6.84. The number of ether oxygens (including phenoxy) is 3. The highest BCUT2D eigenvalue weighted by atomic mass is 16.5. The molecule has 2 aromatic carbocycles. The zero-order valence-corrected chi connectivity index (χ0v) is 22.5. The third kappa shape index (κ3) is 10.2. The fraction of sp³-hybridized carbons (Fsp3) is 0.484. The maximum Gasteiger partial charge on any atom is 0.338 e. The number of hydrogen-bond donors (Lipinski definition) is 2. The van der Waals surface area contributed by atoms with Crippen LogP contribution in [0.5, 0.6) is 0 Å². The first kappa shape index (κ1) is 29.2. The van der Waals surface area contributed by atoms with Crippen molar-refractivity contribution in [3.8, 4) is 0 Å². The molecule has 0 spiro atoms. The summed E-state index contributed by atoms with van der Waals surface area (Å²) in [7, 11) is 0. The molecule has 2 aromatic rings. The van der Waals surface area contributed by atoms with Crippen LogP contribution in [0.1, 0.15) is 86.2 Å². The van der Waals surface area contributed by atoms with Gasteiger partial charge in [0.1, 0.15) is 6.10 Å². The fourth-order valence-corrected chi connectivity index (χ4v) is 4.54. The molecular formula is C31H42N2O5. The number of carbonyl (C=O) groups is 2. The molecule has 1 fully saturated rings. The van der Waals surface area contributed by atoms with Gasteiger partial charge >= 0.3 is 11.9 Å². The number of hydrogen-bond acceptors (Lipinski definition) is 7. The molecule has 0 bridgehead atoms. The van der Waals surface area contributed by atoms with Crippen molar-refractivity contribution in [2.75, 3.05) is 24.7 Å². The highest BCUT2D eigenvalue weighted by molar-refractivity contribution is 5.90. The van der Waals surface area contributed by atoms with Crippen LogP contribution in [0.2, 0.25) is 0 Å². The molecule has 0 unspecified atom stereocenters. The Morgan fingerprint density at radius 1 is 0.895 bits per heavy atom. The second kappa shape index (κ2) is 15.8. The normalized spacial score (nSPS) is 17.4. The Hall–Kier alpha value is -3.32. The molecule has 1 saturated carbocycles. The van der Waals surface area contributed by atoms with E-state index in [9.17, 15) is 9.59 Å². The van der Waals surface area contributed by atoms with E-state index in [0.717, 1.165) is 49.8 Å². The van der Waals surface area contributed by atoms with Crippen LogP contribution in [-0.4, -0.2) is 37.4 Å². The number of nitrogen functional groups attached to an aromatic ring is 2. The molecule has 7 nitrogen and oxygen atoms in total. The maximum atomic E-state index is 12.6. The van der Waals surface area contributed by atoms with Gasteiger partial charge in [-0.25, -0.2) is 9.59 Å².